The fourth-order valence-electron chi connectivity index (χ4n) is 2.26. The van der Waals surface area contributed by atoms with Crippen molar-refractivity contribution in [2.24, 2.45) is 5.84 Å². The number of methoxy groups -OCH3 is 1. The van der Waals surface area contributed by atoms with E-state index in [1.807, 2.05) is 36.4 Å². The van der Waals surface area contributed by atoms with Crippen molar-refractivity contribution >= 4 is 16.7 Å². The molecule has 0 radical (unpaired) electrons. The number of nitrogens with zero attached hydrogens (tertiary/aromatic N) is 1. The molecule has 0 fully saturated rings. The fourth-order valence-corrected chi connectivity index (χ4v) is 2.26. The summed E-state index contributed by atoms with van der Waals surface area (Å²) in [5.74, 6) is 5.60. The van der Waals surface area contributed by atoms with E-state index in [4.69, 9.17) is 10.6 Å². The van der Waals surface area contributed by atoms with Gasteiger partial charge in [0.1, 0.15) is 5.75 Å². The highest BCUT2D eigenvalue weighted by Crippen LogP contribution is 2.27. The molecule has 0 aliphatic heterocycles. The zero-order valence-corrected chi connectivity index (χ0v) is 11.4. The quantitative estimate of drug-likeness (QED) is 0.388. The summed E-state index contributed by atoms with van der Waals surface area (Å²) in [5.41, 5.74) is 4.02. The topological polar surface area (TPSA) is 93.0 Å². The van der Waals surface area contributed by atoms with Gasteiger partial charge in [-0.1, -0.05) is 18.2 Å². The maximum atomic E-state index is 11.7. The highest BCUT2D eigenvalue weighted by Gasteiger charge is 2.14. The number of carbonyl (C=O) groups excluding carboxylic acids is 1. The van der Waals surface area contributed by atoms with Crippen LogP contribution in [0.4, 0.5) is 0 Å². The van der Waals surface area contributed by atoms with E-state index in [1.165, 1.54) is 6.20 Å². The summed E-state index contributed by atoms with van der Waals surface area (Å²) in [4.78, 5) is 11.7. The molecule has 21 heavy (non-hydrogen) atoms. The number of benzene rings is 2. The first-order valence-electron chi connectivity index (χ1n) is 6.35. The lowest BCUT2D eigenvalue weighted by atomic mass is 10.0. The van der Waals surface area contributed by atoms with Crippen LogP contribution in [0.2, 0.25) is 0 Å². The average Bonchev–Trinajstić information content (AvgIpc) is 3.02. The second-order valence-electron chi connectivity index (χ2n) is 4.56. The molecule has 1 aromatic heterocycles. The number of nitrogen functional groups attached to an aromatic ring is 1. The van der Waals surface area contributed by atoms with Gasteiger partial charge in [-0.2, -0.15) is 5.10 Å². The van der Waals surface area contributed by atoms with E-state index in [9.17, 15) is 4.79 Å². The molecule has 6 heteroatoms. The summed E-state index contributed by atoms with van der Waals surface area (Å²) in [6, 6.07) is 11.7. The molecule has 3 aromatic rings. The Morgan fingerprint density at radius 3 is 2.76 bits per heavy atom. The van der Waals surface area contributed by atoms with E-state index >= 15 is 0 Å². The summed E-state index contributed by atoms with van der Waals surface area (Å²) in [6.07, 6.45) is 1.45. The van der Waals surface area contributed by atoms with Gasteiger partial charge in [-0.05, 0) is 29.0 Å². The van der Waals surface area contributed by atoms with Gasteiger partial charge in [0.15, 0.2) is 0 Å². The van der Waals surface area contributed by atoms with E-state index in [-0.39, 0.29) is 5.91 Å². The molecule has 3 rings (SSSR count). The maximum Gasteiger partial charge on any atom is 0.269 e. The largest absolute Gasteiger partial charge is 0.497 e. The van der Waals surface area contributed by atoms with E-state index in [0.29, 0.717) is 11.3 Å². The number of hydrazine groups is 1. The summed E-state index contributed by atoms with van der Waals surface area (Å²) in [6.45, 7) is 0. The highest BCUT2D eigenvalue weighted by atomic mass is 16.5. The van der Waals surface area contributed by atoms with Gasteiger partial charge in [0.05, 0.1) is 24.6 Å². The van der Waals surface area contributed by atoms with Crippen LogP contribution in [0.3, 0.4) is 0 Å². The second-order valence-corrected chi connectivity index (χ2v) is 4.56. The van der Waals surface area contributed by atoms with Crippen molar-refractivity contribution in [3.8, 4) is 17.0 Å². The standard InChI is InChI=1S/C15H14N4O2/c1-21-12-5-4-9-6-11(3-2-10(9)7-12)14-13(8-17-19-14)15(20)18-16/h2-8H,16H2,1H3,(H,17,19)(H,18,20). The van der Waals surface area contributed by atoms with E-state index in [2.05, 4.69) is 15.6 Å². The first-order chi connectivity index (χ1) is 10.2. The molecule has 0 bridgehead atoms. The Hall–Kier alpha value is -2.86. The number of aromatic amines is 1. The van der Waals surface area contributed by atoms with Crippen LogP contribution in [-0.4, -0.2) is 23.2 Å². The molecule has 0 aliphatic rings. The number of H-pyrrole nitrogens is 1. The van der Waals surface area contributed by atoms with Gasteiger partial charge < -0.3 is 4.74 Å². The first-order valence-corrected chi connectivity index (χ1v) is 6.35. The lowest BCUT2D eigenvalue weighted by Gasteiger charge is -2.06. The van der Waals surface area contributed by atoms with Gasteiger partial charge >= 0.3 is 0 Å². The Kier molecular flexibility index (Phi) is 3.29. The normalized spacial score (nSPS) is 10.6. The van der Waals surface area contributed by atoms with Crippen LogP contribution >= 0.6 is 0 Å². The molecular weight excluding hydrogens is 268 g/mol. The predicted molar refractivity (Wildman–Crippen MR) is 79.7 cm³/mol. The summed E-state index contributed by atoms with van der Waals surface area (Å²) in [5, 5.41) is 8.85. The second kappa shape index (κ2) is 5.26. The number of aromatic nitrogens is 2. The van der Waals surface area contributed by atoms with Crippen molar-refractivity contribution < 1.29 is 9.53 Å². The molecule has 0 aliphatic carbocycles. The molecule has 0 unspecified atom stereocenters. The number of rotatable bonds is 3. The Balaban J connectivity index is 2.09. The lowest BCUT2D eigenvalue weighted by Crippen LogP contribution is -2.30. The van der Waals surface area contributed by atoms with Crippen LogP contribution in [0.5, 0.6) is 5.75 Å². The van der Waals surface area contributed by atoms with Gasteiger partial charge in [0, 0.05) is 5.56 Å². The molecule has 6 nitrogen and oxygen atoms in total. The molecule has 106 valence electrons. The number of carbonyl (C=O) groups is 1. The van der Waals surface area contributed by atoms with E-state index in [1.54, 1.807) is 7.11 Å². The van der Waals surface area contributed by atoms with Crippen molar-refractivity contribution in [2.75, 3.05) is 7.11 Å². The monoisotopic (exact) mass is 282 g/mol. The number of hydrogen-bond donors (Lipinski definition) is 3. The van der Waals surface area contributed by atoms with Crippen LogP contribution in [-0.2, 0) is 0 Å². The molecule has 1 heterocycles. The average molecular weight is 282 g/mol. The molecule has 0 atom stereocenters. The smallest absolute Gasteiger partial charge is 0.269 e. The van der Waals surface area contributed by atoms with Crippen LogP contribution < -0.4 is 16.0 Å². The number of amides is 1. The van der Waals surface area contributed by atoms with Gasteiger partial charge in [-0.25, -0.2) is 5.84 Å². The van der Waals surface area contributed by atoms with E-state index in [0.717, 1.165) is 22.1 Å². The third-order valence-electron chi connectivity index (χ3n) is 3.35. The van der Waals surface area contributed by atoms with Crippen LogP contribution in [0, 0.1) is 0 Å². The number of nitrogens with two attached hydrogens (primary N) is 1. The molecule has 2 aromatic carbocycles. The third kappa shape index (κ3) is 2.32. The van der Waals surface area contributed by atoms with Gasteiger partial charge in [-0.3, -0.25) is 15.3 Å². The minimum absolute atomic E-state index is 0.381. The van der Waals surface area contributed by atoms with Crippen molar-refractivity contribution in [1.29, 1.82) is 0 Å². The summed E-state index contributed by atoms with van der Waals surface area (Å²) < 4.78 is 5.21. The van der Waals surface area contributed by atoms with Crippen LogP contribution in [0.1, 0.15) is 10.4 Å². The maximum absolute atomic E-state index is 11.7. The lowest BCUT2D eigenvalue weighted by molar-refractivity contribution is 0.0954. The van der Waals surface area contributed by atoms with Gasteiger partial charge in [0.2, 0.25) is 0 Å². The van der Waals surface area contributed by atoms with Crippen molar-refractivity contribution in [2.45, 2.75) is 0 Å². The zero-order chi connectivity index (χ0) is 14.8. The predicted octanol–water partition coefficient (Wildman–Crippen LogP) is 1.84. The Labute approximate surface area is 120 Å². The minimum Gasteiger partial charge on any atom is -0.497 e. The van der Waals surface area contributed by atoms with Crippen molar-refractivity contribution in [3.63, 3.8) is 0 Å². The molecule has 0 spiro atoms. The fraction of sp³-hybridized carbons (Fsp3) is 0.0667. The Morgan fingerprint density at radius 2 is 2.00 bits per heavy atom. The van der Waals surface area contributed by atoms with Crippen LogP contribution in [0.15, 0.2) is 42.6 Å². The molecular formula is C15H14N4O2. The number of hydrogen-bond acceptors (Lipinski definition) is 4. The number of nitrogens with one attached hydrogen (secondary N) is 2. The van der Waals surface area contributed by atoms with Crippen molar-refractivity contribution in [3.05, 3.63) is 48.2 Å². The van der Waals surface area contributed by atoms with E-state index < -0.39 is 0 Å². The zero-order valence-electron chi connectivity index (χ0n) is 11.4. The molecule has 4 N–H and O–H groups in total. The third-order valence-corrected chi connectivity index (χ3v) is 3.35. The number of fused-ring (bicyclic) bond motifs is 1. The highest BCUT2D eigenvalue weighted by molar-refractivity contribution is 6.00. The van der Waals surface area contributed by atoms with Crippen LogP contribution in [0.25, 0.3) is 22.0 Å². The van der Waals surface area contributed by atoms with Gasteiger partial charge in [-0.15, -0.1) is 0 Å². The van der Waals surface area contributed by atoms with Crippen molar-refractivity contribution in [1.82, 2.24) is 15.6 Å². The Bertz CT molecular complexity index is 810. The molecule has 0 saturated carbocycles. The van der Waals surface area contributed by atoms with Gasteiger partial charge in [0.25, 0.3) is 5.91 Å². The Morgan fingerprint density at radius 1 is 1.24 bits per heavy atom. The number of ether oxygens (including phenoxy) is 1. The summed E-state index contributed by atoms with van der Waals surface area (Å²) >= 11 is 0. The molecule has 0 saturated heterocycles. The molecule has 1 amide bonds. The first kappa shape index (κ1) is 13.1. The SMILES string of the molecule is COc1ccc2cc(-c3[nH]ncc3C(=O)NN)ccc2c1. The summed E-state index contributed by atoms with van der Waals surface area (Å²) in [7, 11) is 1.64. The minimum atomic E-state index is -0.381.